The molecule has 1 unspecified atom stereocenters. The molecule has 26 heavy (non-hydrogen) atoms. The van der Waals surface area contributed by atoms with E-state index >= 15 is 0 Å². The van der Waals surface area contributed by atoms with Crippen molar-refractivity contribution in [1.82, 2.24) is 15.0 Å². The van der Waals surface area contributed by atoms with Crippen molar-refractivity contribution in [3.63, 3.8) is 0 Å². The van der Waals surface area contributed by atoms with Gasteiger partial charge in [-0.3, -0.25) is 0 Å². The summed E-state index contributed by atoms with van der Waals surface area (Å²) in [5.74, 6) is 1.32. The van der Waals surface area contributed by atoms with E-state index in [2.05, 4.69) is 15.0 Å². The molecule has 7 nitrogen and oxygen atoms in total. The number of nitrogens with two attached hydrogens (primary N) is 1. The van der Waals surface area contributed by atoms with Crippen LogP contribution in [0.25, 0.3) is 11.0 Å². The van der Waals surface area contributed by atoms with Gasteiger partial charge >= 0.3 is 0 Å². The highest BCUT2D eigenvalue weighted by molar-refractivity contribution is 7.92. The molecule has 0 aliphatic heterocycles. The van der Waals surface area contributed by atoms with Gasteiger partial charge in [-0.1, -0.05) is 18.2 Å². The van der Waals surface area contributed by atoms with Gasteiger partial charge in [0.2, 0.25) is 15.7 Å². The average Bonchev–Trinajstić information content (AvgIpc) is 3.39. The van der Waals surface area contributed by atoms with Gasteiger partial charge in [-0.25, -0.2) is 13.4 Å². The molecule has 2 aromatic heterocycles. The summed E-state index contributed by atoms with van der Waals surface area (Å²) in [4.78, 5) is 11.7. The fourth-order valence-corrected chi connectivity index (χ4v) is 4.55. The Balaban J connectivity index is 1.89. The number of nitrogens with one attached hydrogen (secondary N) is 1. The summed E-state index contributed by atoms with van der Waals surface area (Å²) in [6.07, 6.45) is 2.27. The molecule has 136 valence electrons. The molecular weight excluding hydrogens is 352 g/mol. The Morgan fingerprint density at radius 3 is 2.58 bits per heavy atom. The van der Waals surface area contributed by atoms with Crippen molar-refractivity contribution in [2.24, 2.45) is 5.92 Å². The molecule has 8 heteroatoms. The number of sulfone groups is 1. The molecule has 3 aromatic rings. The van der Waals surface area contributed by atoms with Gasteiger partial charge in [0.1, 0.15) is 33.7 Å². The van der Waals surface area contributed by atoms with Crippen LogP contribution >= 0.6 is 0 Å². The third-order valence-electron chi connectivity index (χ3n) is 4.61. The number of ether oxygens (including phenoxy) is 1. The number of benzene rings is 1. The lowest BCUT2D eigenvalue weighted by Gasteiger charge is -2.13. The number of hydrogen-bond donors (Lipinski definition) is 2. The lowest BCUT2D eigenvalue weighted by Crippen LogP contribution is -2.15. The van der Waals surface area contributed by atoms with Crippen LogP contribution in [-0.4, -0.2) is 29.5 Å². The van der Waals surface area contributed by atoms with Gasteiger partial charge in [0, 0.05) is 0 Å². The van der Waals surface area contributed by atoms with Crippen molar-refractivity contribution in [3.05, 3.63) is 36.2 Å². The predicted molar refractivity (Wildman–Crippen MR) is 97.7 cm³/mol. The number of aromatic nitrogens is 3. The van der Waals surface area contributed by atoms with Crippen LogP contribution in [0.3, 0.4) is 0 Å². The molecule has 1 fully saturated rings. The number of aryl methyl sites for hydroxylation is 1. The Morgan fingerprint density at radius 2 is 1.92 bits per heavy atom. The molecule has 4 rings (SSSR count). The van der Waals surface area contributed by atoms with E-state index in [9.17, 15) is 8.42 Å². The number of fused-ring (bicyclic) bond motifs is 1. The molecule has 1 atom stereocenters. The third kappa shape index (κ3) is 2.80. The zero-order valence-corrected chi connectivity index (χ0v) is 15.4. The second-order valence-electron chi connectivity index (χ2n) is 6.64. The van der Waals surface area contributed by atoms with Gasteiger partial charge < -0.3 is 15.5 Å². The first-order valence-electron chi connectivity index (χ1n) is 8.50. The Hall–Kier alpha value is -2.61. The van der Waals surface area contributed by atoms with Crippen LogP contribution in [0.5, 0.6) is 5.88 Å². The minimum absolute atomic E-state index is 0.00575. The maximum Gasteiger partial charge on any atom is 0.242 e. The Morgan fingerprint density at radius 1 is 1.23 bits per heavy atom. The topological polar surface area (TPSA) is 111 Å². The number of anilines is 1. The summed E-state index contributed by atoms with van der Waals surface area (Å²) in [5.41, 5.74) is 6.71. The van der Waals surface area contributed by atoms with Crippen molar-refractivity contribution in [1.29, 1.82) is 0 Å². The third-order valence-corrected chi connectivity index (χ3v) is 6.46. The van der Waals surface area contributed by atoms with E-state index in [1.165, 1.54) is 12.1 Å². The maximum atomic E-state index is 13.1. The number of nitrogens with zero attached hydrogens (tertiary/aromatic N) is 2. The standard InChI is InChI=1S/C18H20N4O3S/c1-10(12-8-9-12)25-18-15-14(20-11(2)21-18)16(17(19)22-15)26(23,24)13-6-4-3-5-7-13/h3-7,10,12,22H,8-9,19H2,1-2H3. The Bertz CT molecular complexity index is 1070. The van der Waals surface area contributed by atoms with Crippen LogP contribution in [0.2, 0.25) is 0 Å². The molecule has 3 N–H and O–H groups in total. The molecule has 1 saturated carbocycles. The number of rotatable bonds is 5. The largest absolute Gasteiger partial charge is 0.473 e. The SMILES string of the molecule is Cc1nc(OC(C)C2CC2)c2[nH]c(N)c(S(=O)(=O)c3ccccc3)c2n1. The van der Waals surface area contributed by atoms with E-state index in [1.807, 2.05) is 6.92 Å². The minimum atomic E-state index is -3.82. The summed E-state index contributed by atoms with van der Waals surface area (Å²) in [5, 5.41) is 0. The van der Waals surface area contributed by atoms with Crippen LogP contribution < -0.4 is 10.5 Å². The van der Waals surface area contributed by atoms with Crippen molar-refractivity contribution >= 4 is 26.7 Å². The first-order valence-corrected chi connectivity index (χ1v) is 9.99. The van der Waals surface area contributed by atoms with Crippen molar-refractivity contribution < 1.29 is 13.2 Å². The second-order valence-corrected chi connectivity index (χ2v) is 8.53. The first-order chi connectivity index (χ1) is 12.4. The number of H-pyrrole nitrogens is 1. The Labute approximate surface area is 151 Å². The molecule has 1 aromatic carbocycles. The van der Waals surface area contributed by atoms with Crippen molar-refractivity contribution in [3.8, 4) is 5.88 Å². The van der Waals surface area contributed by atoms with Crippen LogP contribution in [0.15, 0.2) is 40.1 Å². The summed E-state index contributed by atoms with van der Waals surface area (Å²) >= 11 is 0. The van der Waals surface area contributed by atoms with E-state index in [1.54, 1.807) is 25.1 Å². The molecular formula is C18H20N4O3S. The van der Waals surface area contributed by atoms with E-state index in [-0.39, 0.29) is 27.2 Å². The number of hydrogen-bond acceptors (Lipinski definition) is 6. The Kier molecular flexibility index (Phi) is 3.87. The summed E-state index contributed by atoms with van der Waals surface area (Å²) in [7, 11) is -3.82. The van der Waals surface area contributed by atoms with Gasteiger partial charge in [0.15, 0.2) is 0 Å². The lowest BCUT2D eigenvalue weighted by molar-refractivity contribution is 0.192. The highest BCUT2D eigenvalue weighted by atomic mass is 32.2. The van der Waals surface area contributed by atoms with E-state index in [4.69, 9.17) is 10.5 Å². The van der Waals surface area contributed by atoms with Gasteiger partial charge in [0.25, 0.3) is 0 Å². The van der Waals surface area contributed by atoms with E-state index in [0.29, 0.717) is 23.1 Å². The molecule has 0 radical (unpaired) electrons. The summed E-state index contributed by atoms with van der Waals surface area (Å²) in [6.45, 7) is 3.70. The van der Waals surface area contributed by atoms with Gasteiger partial charge in [-0.05, 0) is 44.7 Å². The summed E-state index contributed by atoms with van der Waals surface area (Å²) in [6, 6.07) is 8.17. The number of nitrogen functional groups attached to an aromatic ring is 1. The van der Waals surface area contributed by atoms with Crippen LogP contribution in [0, 0.1) is 12.8 Å². The smallest absolute Gasteiger partial charge is 0.242 e. The quantitative estimate of drug-likeness (QED) is 0.712. The van der Waals surface area contributed by atoms with Crippen molar-refractivity contribution in [2.45, 2.75) is 42.6 Å². The van der Waals surface area contributed by atoms with Gasteiger partial charge in [-0.15, -0.1) is 0 Å². The minimum Gasteiger partial charge on any atom is -0.473 e. The van der Waals surface area contributed by atoms with Crippen molar-refractivity contribution in [2.75, 3.05) is 5.73 Å². The lowest BCUT2D eigenvalue weighted by atomic mass is 10.3. The van der Waals surface area contributed by atoms with Crippen LogP contribution in [-0.2, 0) is 9.84 Å². The summed E-state index contributed by atoms with van der Waals surface area (Å²) < 4.78 is 32.2. The molecule has 0 bridgehead atoms. The molecule has 1 aliphatic carbocycles. The van der Waals surface area contributed by atoms with Gasteiger partial charge in [0.05, 0.1) is 4.90 Å². The maximum absolute atomic E-state index is 13.1. The zero-order valence-electron chi connectivity index (χ0n) is 14.6. The average molecular weight is 372 g/mol. The highest BCUT2D eigenvalue weighted by Gasteiger charge is 2.32. The zero-order chi connectivity index (χ0) is 18.5. The molecule has 0 saturated heterocycles. The second kappa shape index (κ2) is 5.98. The van der Waals surface area contributed by atoms with Crippen LogP contribution in [0.4, 0.5) is 5.82 Å². The fourth-order valence-electron chi connectivity index (χ4n) is 3.06. The molecule has 1 aliphatic rings. The highest BCUT2D eigenvalue weighted by Crippen LogP contribution is 2.38. The first kappa shape index (κ1) is 16.8. The predicted octanol–water partition coefficient (Wildman–Crippen LogP) is 2.86. The fraction of sp³-hybridized carbons (Fsp3) is 0.333. The van der Waals surface area contributed by atoms with Crippen LogP contribution in [0.1, 0.15) is 25.6 Å². The monoisotopic (exact) mass is 372 g/mol. The molecule has 0 amide bonds. The van der Waals surface area contributed by atoms with E-state index in [0.717, 1.165) is 12.8 Å². The number of aromatic amines is 1. The molecule has 0 spiro atoms. The van der Waals surface area contributed by atoms with E-state index < -0.39 is 9.84 Å². The normalized spacial score (nSPS) is 15.9. The molecule has 2 heterocycles. The van der Waals surface area contributed by atoms with Gasteiger partial charge in [-0.2, -0.15) is 4.98 Å².